The Hall–Kier alpha value is -2.83. The molecule has 0 fully saturated rings. The van der Waals surface area contributed by atoms with Gasteiger partial charge in [-0.1, -0.05) is 37.2 Å². The molecule has 1 aromatic heterocycles. The summed E-state index contributed by atoms with van der Waals surface area (Å²) in [5.74, 6) is 1.77. The van der Waals surface area contributed by atoms with Crippen molar-refractivity contribution >= 4 is 11.9 Å². The van der Waals surface area contributed by atoms with E-state index < -0.39 is 0 Å². The molecule has 1 aromatic carbocycles. The van der Waals surface area contributed by atoms with Crippen LogP contribution in [-0.2, 0) is 6.54 Å². The number of carbonyl (C=O) groups excluding carboxylic acids is 1. The van der Waals surface area contributed by atoms with Crippen molar-refractivity contribution in [1.29, 1.82) is 0 Å². The standard InChI is InChI=1S/C21H31N5O2/c1-4-16(5-2)19-14-18(28-26-19)15-25-21(22-6-3)24-13-12-23-20(27)17-10-8-7-9-11-17/h7-11,14,16H,4-6,12-13,15H2,1-3H3,(H,23,27)(H2,22,24,25). The van der Waals surface area contributed by atoms with Gasteiger partial charge in [0.1, 0.15) is 6.54 Å². The van der Waals surface area contributed by atoms with Crippen LogP contribution in [0, 0.1) is 0 Å². The fraction of sp³-hybridized carbons (Fsp3) is 0.476. The van der Waals surface area contributed by atoms with Crippen LogP contribution in [-0.4, -0.2) is 36.7 Å². The van der Waals surface area contributed by atoms with Crippen LogP contribution < -0.4 is 16.0 Å². The van der Waals surface area contributed by atoms with E-state index in [-0.39, 0.29) is 5.91 Å². The number of amides is 1. The maximum absolute atomic E-state index is 12.0. The highest BCUT2D eigenvalue weighted by molar-refractivity contribution is 5.94. The largest absolute Gasteiger partial charge is 0.359 e. The molecule has 0 saturated heterocycles. The highest BCUT2D eigenvalue weighted by atomic mass is 16.5. The fourth-order valence-electron chi connectivity index (χ4n) is 2.85. The molecule has 2 rings (SSSR count). The van der Waals surface area contributed by atoms with Crippen molar-refractivity contribution in [3.05, 3.63) is 53.4 Å². The molecule has 0 spiro atoms. The molecule has 0 saturated carbocycles. The average Bonchev–Trinajstić information content (AvgIpc) is 3.19. The maximum Gasteiger partial charge on any atom is 0.251 e. The molecule has 0 unspecified atom stereocenters. The Morgan fingerprint density at radius 1 is 1.07 bits per heavy atom. The third kappa shape index (κ3) is 6.72. The number of hydrogen-bond acceptors (Lipinski definition) is 4. The molecular formula is C21H31N5O2. The summed E-state index contributed by atoms with van der Waals surface area (Å²) >= 11 is 0. The second-order valence-electron chi connectivity index (χ2n) is 6.48. The number of nitrogens with zero attached hydrogens (tertiary/aromatic N) is 2. The van der Waals surface area contributed by atoms with Crippen molar-refractivity contribution in [3.8, 4) is 0 Å². The van der Waals surface area contributed by atoms with E-state index in [1.807, 2.05) is 31.2 Å². The predicted octanol–water partition coefficient (Wildman–Crippen LogP) is 3.06. The average molecular weight is 386 g/mol. The zero-order valence-electron chi connectivity index (χ0n) is 17.0. The van der Waals surface area contributed by atoms with Crippen molar-refractivity contribution in [2.75, 3.05) is 19.6 Å². The highest BCUT2D eigenvalue weighted by Gasteiger charge is 2.12. The third-order valence-corrected chi connectivity index (χ3v) is 4.46. The van der Waals surface area contributed by atoms with Crippen molar-refractivity contribution in [3.63, 3.8) is 0 Å². The fourth-order valence-corrected chi connectivity index (χ4v) is 2.85. The van der Waals surface area contributed by atoms with Crippen LogP contribution >= 0.6 is 0 Å². The SMILES string of the molecule is CCNC(=NCc1cc(C(CC)CC)no1)NCCNC(=O)c1ccccc1. The van der Waals surface area contributed by atoms with Crippen molar-refractivity contribution in [1.82, 2.24) is 21.1 Å². The molecule has 3 N–H and O–H groups in total. The molecule has 2 aromatic rings. The summed E-state index contributed by atoms with van der Waals surface area (Å²) in [5, 5.41) is 13.5. The molecule has 0 atom stereocenters. The number of benzene rings is 1. The van der Waals surface area contributed by atoms with E-state index in [1.165, 1.54) is 0 Å². The maximum atomic E-state index is 12.0. The molecule has 152 valence electrons. The number of aromatic nitrogens is 1. The molecule has 0 radical (unpaired) electrons. The summed E-state index contributed by atoms with van der Waals surface area (Å²) in [5.41, 5.74) is 1.65. The normalized spacial score (nSPS) is 11.5. The van der Waals surface area contributed by atoms with Gasteiger partial charge in [-0.05, 0) is 31.9 Å². The summed E-state index contributed by atoms with van der Waals surface area (Å²) in [7, 11) is 0. The van der Waals surface area contributed by atoms with Gasteiger partial charge in [-0.25, -0.2) is 4.99 Å². The molecule has 1 heterocycles. The first-order valence-electron chi connectivity index (χ1n) is 9.98. The summed E-state index contributed by atoms with van der Waals surface area (Å²) in [6, 6.07) is 11.2. The van der Waals surface area contributed by atoms with Gasteiger partial charge >= 0.3 is 0 Å². The van der Waals surface area contributed by atoms with Gasteiger partial charge in [0, 0.05) is 37.2 Å². The predicted molar refractivity (Wildman–Crippen MR) is 111 cm³/mol. The molecule has 1 amide bonds. The lowest BCUT2D eigenvalue weighted by molar-refractivity contribution is 0.0954. The number of nitrogens with one attached hydrogen (secondary N) is 3. The second-order valence-corrected chi connectivity index (χ2v) is 6.48. The van der Waals surface area contributed by atoms with Gasteiger partial charge < -0.3 is 20.5 Å². The first-order valence-corrected chi connectivity index (χ1v) is 9.98. The Labute approximate surface area is 167 Å². The minimum Gasteiger partial charge on any atom is -0.359 e. The Kier molecular flexibility index (Phi) is 9.04. The van der Waals surface area contributed by atoms with Gasteiger partial charge in [0.25, 0.3) is 5.91 Å². The van der Waals surface area contributed by atoms with E-state index in [4.69, 9.17) is 4.52 Å². The zero-order valence-corrected chi connectivity index (χ0v) is 17.0. The van der Waals surface area contributed by atoms with Gasteiger partial charge in [0.05, 0.1) is 5.69 Å². The van der Waals surface area contributed by atoms with Crippen molar-refractivity contribution < 1.29 is 9.32 Å². The number of aliphatic imine (C=N–C) groups is 1. The summed E-state index contributed by atoms with van der Waals surface area (Å²) in [6.07, 6.45) is 2.09. The highest BCUT2D eigenvalue weighted by Crippen LogP contribution is 2.22. The number of guanidine groups is 1. The lowest BCUT2D eigenvalue weighted by atomic mass is 9.99. The van der Waals surface area contributed by atoms with E-state index >= 15 is 0 Å². The van der Waals surface area contributed by atoms with E-state index in [0.717, 1.165) is 30.8 Å². The van der Waals surface area contributed by atoms with Crippen LogP contribution in [0.2, 0.25) is 0 Å². The Balaban J connectivity index is 1.81. The molecule has 0 aliphatic carbocycles. The van der Waals surface area contributed by atoms with E-state index in [1.54, 1.807) is 12.1 Å². The van der Waals surface area contributed by atoms with Gasteiger partial charge in [0.2, 0.25) is 0 Å². The first-order chi connectivity index (χ1) is 13.7. The van der Waals surface area contributed by atoms with Crippen LogP contribution in [0.25, 0.3) is 0 Å². The topological polar surface area (TPSA) is 91.6 Å². The van der Waals surface area contributed by atoms with Crippen LogP contribution in [0.15, 0.2) is 45.9 Å². The van der Waals surface area contributed by atoms with E-state index in [2.05, 4.69) is 39.9 Å². The molecule has 0 aliphatic heterocycles. The second kappa shape index (κ2) is 11.8. The number of carbonyl (C=O) groups is 1. The first kappa shape index (κ1) is 21.5. The molecule has 7 heteroatoms. The van der Waals surface area contributed by atoms with Crippen LogP contribution in [0.1, 0.15) is 61.3 Å². The smallest absolute Gasteiger partial charge is 0.251 e. The summed E-state index contributed by atoms with van der Waals surface area (Å²) in [4.78, 5) is 16.6. The molecular weight excluding hydrogens is 354 g/mol. The number of hydrogen-bond donors (Lipinski definition) is 3. The number of rotatable bonds is 10. The molecule has 7 nitrogen and oxygen atoms in total. The molecule has 28 heavy (non-hydrogen) atoms. The molecule has 0 aliphatic rings. The van der Waals surface area contributed by atoms with Crippen molar-refractivity contribution in [2.45, 2.75) is 46.1 Å². The van der Waals surface area contributed by atoms with Gasteiger partial charge in [-0.2, -0.15) is 0 Å². The van der Waals surface area contributed by atoms with Crippen LogP contribution in [0.5, 0.6) is 0 Å². The Morgan fingerprint density at radius 3 is 2.46 bits per heavy atom. The minimum absolute atomic E-state index is 0.0834. The summed E-state index contributed by atoms with van der Waals surface area (Å²) < 4.78 is 5.41. The van der Waals surface area contributed by atoms with Gasteiger partial charge in [0.15, 0.2) is 11.7 Å². The Bertz CT molecular complexity index is 738. The lowest BCUT2D eigenvalue weighted by Crippen LogP contribution is -2.41. The van der Waals surface area contributed by atoms with Crippen LogP contribution in [0.3, 0.4) is 0 Å². The minimum atomic E-state index is -0.0834. The summed E-state index contributed by atoms with van der Waals surface area (Å²) in [6.45, 7) is 8.55. The van der Waals surface area contributed by atoms with E-state index in [0.29, 0.717) is 37.1 Å². The third-order valence-electron chi connectivity index (χ3n) is 4.46. The van der Waals surface area contributed by atoms with Crippen LogP contribution in [0.4, 0.5) is 0 Å². The van der Waals surface area contributed by atoms with Crippen molar-refractivity contribution in [2.24, 2.45) is 4.99 Å². The van der Waals surface area contributed by atoms with Gasteiger partial charge in [-0.3, -0.25) is 4.79 Å². The van der Waals surface area contributed by atoms with E-state index in [9.17, 15) is 4.79 Å². The lowest BCUT2D eigenvalue weighted by Gasteiger charge is -2.11. The van der Waals surface area contributed by atoms with Gasteiger partial charge in [-0.15, -0.1) is 0 Å². The monoisotopic (exact) mass is 385 g/mol. The molecule has 0 bridgehead atoms. The Morgan fingerprint density at radius 2 is 1.79 bits per heavy atom. The quantitative estimate of drug-likeness (QED) is 0.332. The zero-order chi connectivity index (χ0) is 20.2.